The molecule has 0 amide bonds. The van der Waals surface area contributed by atoms with E-state index in [0.717, 1.165) is 55.4 Å². The summed E-state index contributed by atoms with van der Waals surface area (Å²) in [6.45, 7) is 6.88. The highest BCUT2D eigenvalue weighted by atomic mass is 35.5. The van der Waals surface area contributed by atoms with Crippen molar-refractivity contribution < 1.29 is 4.74 Å². The molecule has 2 rings (SSSR count). The molecule has 4 heteroatoms. The third-order valence-corrected chi connectivity index (χ3v) is 4.15. The summed E-state index contributed by atoms with van der Waals surface area (Å²) in [6, 6.07) is 7.61. The molecule has 0 radical (unpaired) electrons. The highest BCUT2D eigenvalue weighted by Crippen LogP contribution is 2.18. The van der Waals surface area contributed by atoms with Gasteiger partial charge in [0.1, 0.15) is 0 Å². The number of hydrogen-bond acceptors (Lipinski definition) is 3. The molecule has 1 aliphatic heterocycles. The monoisotopic (exact) mass is 346 g/mol. The third kappa shape index (κ3) is 6.23. The molecule has 0 aliphatic carbocycles. The first kappa shape index (κ1) is 18.9. The number of allylic oxidation sites excluding steroid dienone is 2. The zero-order valence-electron chi connectivity index (χ0n) is 14.6. The van der Waals surface area contributed by atoms with E-state index >= 15 is 0 Å². The van der Waals surface area contributed by atoms with Gasteiger partial charge < -0.3 is 10.1 Å². The van der Waals surface area contributed by atoms with E-state index in [1.807, 2.05) is 24.3 Å². The molecule has 0 bridgehead atoms. The molecule has 1 heterocycles. The molecule has 1 aliphatic rings. The molecule has 130 valence electrons. The van der Waals surface area contributed by atoms with Crippen molar-refractivity contribution in [3.05, 3.63) is 53.1 Å². The normalized spacial score (nSPS) is 19.9. The zero-order valence-corrected chi connectivity index (χ0v) is 15.4. The van der Waals surface area contributed by atoms with Crippen molar-refractivity contribution in [2.45, 2.75) is 39.2 Å². The van der Waals surface area contributed by atoms with Crippen LogP contribution in [0, 0.1) is 0 Å². The second kappa shape index (κ2) is 10.4. The second-order valence-electron chi connectivity index (χ2n) is 5.82. The van der Waals surface area contributed by atoms with Crippen molar-refractivity contribution in [3.8, 4) is 0 Å². The van der Waals surface area contributed by atoms with Gasteiger partial charge in [0.2, 0.25) is 0 Å². The largest absolute Gasteiger partial charge is 0.371 e. The maximum atomic E-state index is 5.93. The van der Waals surface area contributed by atoms with Crippen LogP contribution in [-0.2, 0) is 4.74 Å². The van der Waals surface area contributed by atoms with Crippen molar-refractivity contribution in [2.24, 2.45) is 4.99 Å². The molecule has 1 saturated heterocycles. The van der Waals surface area contributed by atoms with Crippen molar-refractivity contribution in [1.82, 2.24) is 5.32 Å². The number of nitrogens with one attached hydrogen (secondary N) is 1. The van der Waals surface area contributed by atoms with Crippen molar-refractivity contribution >= 4 is 23.0 Å². The van der Waals surface area contributed by atoms with Gasteiger partial charge in [-0.05, 0) is 48.8 Å². The fourth-order valence-corrected chi connectivity index (χ4v) is 2.63. The number of halogens is 1. The van der Waals surface area contributed by atoms with Crippen LogP contribution in [0.3, 0.4) is 0 Å². The number of unbranched alkanes of at least 4 members (excludes halogenated alkanes) is 1. The summed E-state index contributed by atoms with van der Waals surface area (Å²) < 4.78 is 5.90. The number of morpholine rings is 1. The van der Waals surface area contributed by atoms with Crippen LogP contribution < -0.4 is 5.32 Å². The van der Waals surface area contributed by atoms with Gasteiger partial charge in [-0.15, -0.1) is 0 Å². The summed E-state index contributed by atoms with van der Waals surface area (Å²) in [5.41, 5.74) is 3.21. The molecule has 24 heavy (non-hydrogen) atoms. The number of ether oxygens (including phenoxy) is 1. The molecule has 1 atom stereocenters. The molecule has 0 spiro atoms. The number of nitrogens with zero attached hydrogens (tertiary/aromatic N) is 1. The van der Waals surface area contributed by atoms with Gasteiger partial charge in [-0.3, -0.25) is 4.99 Å². The van der Waals surface area contributed by atoms with Crippen LogP contribution in [0.5, 0.6) is 0 Å². The Morgan fingerprint density at radius 2 is 2.08 bits per heavy atom. The third-order valence-electron chi connectivity index (χ3n) is 3.90. The van der Waals surface area contributed by atoms with E-state index in [9.17, 15) is 0 Å². The molecule has 1 N–H and O–H groups in total. The maximum Gasteiger partial charge on any atom is 0.0946 e. The number of rotatable bonds is 7. The second-order valence-corrected chi connectivity index (χ2v) is 6.26. The Morgan fingerprint density at radius 3 is 2.71 bits per heavy atom. The fraction of sp³-hybridized carbons (Fsp3) is 0.450. The summed E-state index contributed by atoms with van der Waals surface area (Å²) in [5.74, 6) is 0. The topological polar surface area (TPSA) is 33.6 Å². The first-order valence-electron chi connectivity index (χ1n) is 8.76. The minimum atomic E-state index is 0.134. The zero-order chi connectivity index (χ0) is 17.2. The lowest BCUT2D eigenvalue weighted by Gasteiger charge is -2.24. The molecule has 1 fully saturated rings. The van der Waals surface area contributed by atoms with Gasteiger partial charge in [0, 0.05) is 23.8 Å². The summed E-state index contributed by atoms with van der Waals surface area (Å²) in [5, 5.41) is 4.13. The van der Waals surface area contributed by atoms with E-state index in [-0.39, 0.29) is 6.10 Å². The summed E-state index contributed by atoms with van der Waals surface area (Å²) in [4.78, 5) is 4.70. The summed E-state index contributed by atoms with van der Waals surface area (Å²) in [7, 11) is 0. The summed E-state index contributed by atoms with van der Waals surface area (Å²) >= 11 is 5.93. The molecule has 1 unspecified atom stereocenters. The van der Waals surface area contributed by atoms with Crippen LogP contribution in [0.4, 0.5) is 5.69 Å². The van der Waals surface area contributed by atoms with Gasteiger partial charge in [0.15, 0.2) is 0 Å². The van der Waals surface area contributed by atoms with E-state index in [2.05, 4.69) is 37.4 Å². The minimum Gasteiger partial charge on any atom is -0.371 e. The Morgan fingerprint density at radius 1 is 1.29 bits per heavy atom. The lowest BCUT2D eigenvalue weighted by molar-refractivity contribution is 0.0537. The molecule has 1 aromatic carbocycles. The van der Waals surface area contributed by atoms with Gasteiger partial charge in [-0.25, -0.2) is 0 Å². The van der Waals surface area contributed by atoms with Gasteiger partial charge in [0.05, 0.1) is 18.4 Å². The van der Waals surface area contributed by atoms with E-state index in [0.29, 0.717) is 0 Å². The average Bonchev–Trinajstić information content (AvgIpc) is 2.63. The van der Waals surface area contributed by atoms with Crippen LogP contribution in [-0.4, -0.2) is 31.5 Å². The molecule has 1 aromatic rings. The van der Waals surface area contributed by atoms with Crippen LogP contribution in [0.2, 0.25) is 5.02 Å². The molecular formula is C20H27ClN2O. The van der Waals surface area contributed by atoms with Gasteiger partial charge in [-0.2, -0.15) is 0 Å². The Hall–Kier alpha value is -1.42. The van der Waals surface area contributed by atoms with Crippen LogP contribution in [0.15, 0.2) is 53.1 Å². The lowest BCUT2D eigenvalue weighted by atomic mass is 10.0. The summed E-state index contributed by atoms with van der Waals surface area (Å²) in [6.07, 6.45) is 9.76. The van der Waals surface area contributed by atoms with Crippen LogP contribution in [0.25, 0.3) is 0 Å². The lowest BCUT2D eigenvalue weighted by Crippen LogP contribution is -2.39. The Balaban J connectivity index is 2.13. The number of benzene rings is 1. The van der Waals surface area contributed by atoms with Crippen LogP contribution in [0.1, 0.15) is 33.1 Å². The average molecular weight is 347 g/mol. The standard InChI is InChI=1S/C20H27ClN2O/c1-3-5-6-16(20-15-22-13-14-24-20)7-10-18(4-2)23-19-11-8-17(21)9-12-19/h6-12,20,22H,3-5,13-15H2,1-2H3/b10-7-,16-6?,23-18?. The van der Waals surface area contributed by atoms with E-state index in [1.165, 1.54) is 5.57 Å². The van der Waals surface area contributed by atoms with Gasteiger partial charge >= 0.3 is 0 Å². The highest BCUT2D eigenvalue weighted by molar-refractivity contribution is 6.30. The smallest absolute Gasteiger partial charge is 0.0946 e. The van der Waals surface area contributed by atoms with E-state index in [4.69, 9.17) is 21.3 Å². The SMILES string of the molecule is CCCC=C(/C=C\C(CC)=Nc1ccc(Cl)cc1)C1CNCCO1. The van der Waals surface area contributed by atoms with Gasteiger partial charge in [0.25, 0.3) is 0 Å². The maximum absolute atomic E-state index is 5.93. The van der Waals surface area contributed by atoms with E-state index < -0.39 is 0 Å². The number of hydrogen-bond donors (Lipinski definition) is 1. The van der Waals surface area contributed by atoms with Crippen LogP contribution >= 0.6 is 11.6 Å². The van der Waals surface area contributed by atoms with Crippen molar-refractivity contribution in [1.29, 1.82) is 0 Å². The predicted molar refractivity (Wildman–Crippen MR) is 104 cm³/mol. The van der Waals surface area contributed by atoms with Crippen molar-refractivity contribution in [3.63, 3.8) is 0 Å². The first-order valence-corrected chi connectivity index (χ1v) is 9.14. The Kier molecular flexibility index (Phi) is 8.23. The van der Waals surface area contributed by atoms with E-state index in [1.54, 1.807) is 0 Å². The first-order chi connectivity index (χ1) is 11.7. The Labute approximate surface area is 150 Å². The fourth-order valence-electron chi connectivity index (χ4n) is 2.51. The molecule has 0 aromatic heterocycles. The van der Waals surface area contributed by atoms with Gasteiger partial charge in [-0.1, -0.05) is 44.0 Å². The predicted octanol–water partition coefficient (Wildman–Crippen LogP) is 5.09. The molecule has 3 nitrogen and oxygen atoms in total. The molecular weight excluding hydrogens is 320 g/mol. The minimum absolute atomic E-state index is 0.134. The Bertz CT molecular complexity index is 584. The van der Waals surface area contributed by atoms with Crippen molar-refractivity contribution in [2.75, 3.05) is 19.7 Å². The number of aliphatic imine (C=N–C) groups is 1. The quantitative estimate of drug-likeness (QED) is 0.551. The molecule has 0 saturated carbocycles. The highest BCUT2D eigenvalue weighted by Gasteiger charge is 2.16.